The van der Waals surface area contributed by atoms with Gasteiger partial charge in [0.25, 0.3) is 5.56 Å². The summed E-state index contributed by atoms with van der Waals surface area (Å²) in [6, 6.07) is 3.46. The van der Waals surface area contributed by atoms with Crippen molar-refractivity contribution in [1.82, 2.24) is 9.97 Å². The predicted molar refractivity (Wildman–Crippen MR) is 132 cm³/mol. The topological polar surface area (TPSA) is 120 Å². The number of nitrogens with zero attached hydrogens (tertiary/aromatic N) is 1. The number of thiophene rings is 1. The minimum Gasteiger partial charge on any atom is -0.507 e. The van der Waals surface area contributed by atoms with Crippen molar-refractivity contribution >= 4 is 45.1 Å². The number of phenols is 1. The molecule has 0 aliphatic carbocycles. The maximum Gasteiger partial charge on any atom is 0.346 e. The maximum absolute atomic E-state index is 13.1. The Bertz CT molecular complexity index is 1290. The quantitative estimate of drug-likeness (QED) is 0.254. The maximum atomic E-state index is 13.1. The number of aromatic amines is 1. The number of aryl methyl sites for hydroxylation is 1. The summed E-state index contributed by atoms with van der Waals surface area (Å²) in [6.45, 7) is 13.5. The van der Waals surface area contributed by atoms with Crippen LogP contribution in [-0.2, 0) is 10.8 Å². The summed E-state index contributed by atoms with van der Waals surface area (Å²) in [4.78, 5) is 44.4. The average Bonchev–Trinajstić information content (AvgIpc) is 3.01. The molecule has 1 aromatic carbocycles. The van der Waals surface area contributed by atoms with E-state index in [4.69, 9.17) is 0 Å². The molecule has 0 fully saturated rings. The van der Waals surface area contributed by atoms with Gasteiger partial charge in [0.2, 0.25) is 0 Å². The first-order valence-corrected chi connectivity index (χ1v) is 12.2. The molecular formula is C24H28N2O5S2. The van der Waals surface area contributed by atoms with Crippen LogP contribution in [0, 0.1) is 6.92 Å². The molecule has 0 radical (unpaired) electrons. The summed E-state index contributed by atoms with van der Waals surface area (Å²) in [5.74, 6) is -1.02. The van der Waals surface area contributed by atoms with Gasteiger partial charge in [-0.3, -0.25) is 9.59 Å². The smallest absolute Gasteiger partial charge is 0.346 e. The van der Waals surface area contributed by atoms with Crippen LogP contribution in [0.1, 0.15) is 78.3 Å². The molecular weight excluding hydrogens is 460 g/mol. The minimum absolute atomic E-state index is 0.0303. The molecule has 3 aromatic rings. The van der Waals surface area contributed by atoms with Gasteiger partial charge in [-0.15, -0.1) is 11.3 Å². The van der Waals surface area contributed by atoms with Crippen molar-refractivity contribution in [2.24, 2.45) is 0 Å². The van der Waals surface area contributed by atoms with E-state index in [2.05, 4.69) is 9.97 Å². The van der Waals surface area contributed by atoms with Gasteiger partial charge in [0.1, 0.15) is 15.5 Å². The number of phenolic OH excluding ortho intramolecular Hbond substituents is 1. The van der Waals surface area contributed by atoms with E-state index < -0.39 is 11.5 Å². The van der Waals surface area contributed by atoms with Crippen molar-refractivity contribution < 1.29 is 19.8 Å². The highest BCUT2D eigenvalue weighted by Crippen LogP contribution is 2.40. The monoisotopic (exact) mass is 488 g/mol. The van der Waals surface area contributed by atoms with Gasteiger partial charge < -0.3 is 15.2 Å². The van der Waals surface area contributed by atoms with Gasteiger partial charge in [0.15, 0.2) is 10.9 Å². The van der Waals surface area contributed by atoms with Crippen LogP contribution in [0.15, 0.2) is 22.1 Å². The van der Waals surface area contributed by atoms with Crippen molar-refractivity contribution in [3.05, 3.63) is 49.6 Å². The second-order valence-electron chi connectivity index (χ2n) is 10.0. The van der Waals surface area contributed by atoms with E-state index in [1.54, 1.807) is 19.1 Å². The lowest BCUT2D eigenvalue weighted by Crippen LogP contribution is -2.19. The summed E-state index contributed by atoms with van der Waals surface area (Å²) in [7, 11) is 0. The fourth-order valence-corrected chi connectivity index (χ4v) is 5.39. The second-order valence-corrected chi connectivity index (χ2v) is 12.0. The van der Waals surface area contributed by atoms with Crippen LogP contribution in [0.4, 0.5) is 0 Å². The van der Waals surface area contributed by atoms with Gasteiger partial charge in [-0.1, -0.05) is 53.3 Å². The molecule has 0 bridgehead atoms. The van der Waals surface area contributed by atoms with Crippen LogP contribution in [-0.4, -0.2) is 37.7 Å². The van der Waals surface area contributed by atoms with E-state index in [0.717, 1.165) is 23.1 Å². The van der Waals surface area contributed by atoms with Crippen molar-refractivity contribution in [3.63, 3.8) is 0 Å². The number of thioether (sulfide) groups is 1. The van der Waals surface area contributed by atoms with E-state index in [1.807, 2.05) is 41.5 Å². The number of H-pyrrole nitrogens is 1. The third kappa shape index (κ3) is 4.99. The Balaban J connectivity index is 1.94. The largest absolute Gasteiger partial charge is 0.507 e. The van der Waals surface area contributed by atoms with Gasteiger partial charge in [0.05, 0.1) is 11.1 Å². The lowest BCUT2D eigenvalue weighted by molar-refractivity contribution is 0.0701. The number of rotatable bonds is 5. The number of fused-ring (bicyclic) bond motifs is 1. The van der Waals surface area contributed by atoms with E-state index >= 15 is 0 Å². The molecule has 0 atom stereocenters. The van der Waals surface area contributed by atoms with E-state index in [1.165, 1.54) is 0 Å². The molecule has 0 saturated heterocycles. The van der Waals surface area contributed by atoms with Gasteiger partial charge in [-0.2, -0.15) is 0 Å². The Kier molecular flexibility index (Phi) is 6.52. The Labute approximate surface area is 200 Å². The van der Waals surface area contributed by atoms with Gasteiger partial charge in [-0.25, -0.2) is 9.78 Å². The standard InChI is InChI=1S/C24H28N2O5S2/c1-11-16-19(29)25-22(26-20(16)33-18(11)21(30)31)32-10-15(27)12-8-13(23(2,3)4)17(28)14(9-12)24(5,6)7/h8-9,28H,10H2,1-7H3,(H,30,31)(H,25,26,29). The van der Waals surface area contributed by atoms with Crippen LogP contribution >= 0.6 is 23.1 Å². The molecule has 0 spiro atoms. The molecule has 176 valence electrons. The number of Topliss-reactive ketones (excluding diaryl/α,β-unsaturated/α-hetero) is 1. The van der Waals surface area contributed by atoms with Crippen LogP contribution in [0.5, 0.6) is 5.75 Å². The number of aromatic hydroxyl groups is 1. The fraction of sp³-hybridized carbons (Fsp3) is 0.417. The van der Waals surface area contributed by atoms with Gasteiger partial charge in [0, 0.05) is 16.7 Å². The summed E-state index contributed by atoms with van der Waals surface area (Å²) in [5.41, 5.74) is 1.13. The predicted octanol–water partition coefficient (Wildman–Crippen LogP) is 5.27. The zero-order valence-electron chi connectivity index (χ0n) is 19.7. The number of carbonyl (C=O) groups excluding carboxylic acids is 1. The van der Waals surface area contributed by atoms with Crippen molar-refractivity contribution in [3.8, 4) is 5.75 Å². The number of benzene rings is 1. The number of carboxylic acids is 1. The summed E-state index contributed by atoms with van der Waals surface area (Å²) in [5, 5.41) is 20.7. The first-order chi connectivity index (χ1) is 15.1. The molecule has 33 heavy (non-hydrogen) atoms. The average molecular weight is 489 g/mol. The third-order valence-electron chi connectivity index (χ3n) is 5.36. The van der Waals surface area contributed by atoms with E-state index in [9.17, 15) is 24.6 Å². The van der Waals surface area contributed by atoms with Crippen LogP contribution in [0.3, 0.4) is 0 Å². The van der Waals surface area contributed by atoms with E-state index in [0.29, 0.717) is 27.1 Å². The van der Waals surface area contributed by atoms with E-state index in [-0.39, 0.29) is 43.5 Å². The molecule has 7 nitrogen and oxygen atoms in total. The highest BCUT2D eigenvalue weighted by Gasteiger charge is 2.28. The molecule has 3 N–H and O–H groups in total. The zero-order chi connectivity index (χ0) is 24.9. The SMILES string of the molecule is Cc1c(C(=O)O)sc2nc(SCC(=O)c3cc(C(C)(C)C)c(O)c(C(C)(C)C)c3)[nH]c(=O)c12. The first-order valence-electron chi connectivity index (χ1n) is 10.4. The molecule has 2 aromatic heterocycles. The Morgan fingerprint density at radius 3 is 2.12 bits per heavy atom. The molecule has 2 heterocycles. The molecule has 0 saturated carbocycles. The second kappa shape index (κ2) is 8.61. The number of aromatic nitrogens is 2. The molecule has 0 aliphatic rings. The van der Waals surface area contributed by atoms with Crippen molar-refractivity contribution in [2.45, 2.75) is 64.5 Å². The number of hydrogen-bond donors (Lipinski definition) is 3. The number of carboxylic acid groups (broad SMARTS) is 1. The molecule has 9 heteroatoms. The normalized spacial score (nSPS) is 12.3. The zero-order valence-corrected chi connectivity index (χ0v) is 21.4. The third-order valence-corrected chi connectivity index (χ3v) is 7.41. The number of ketones is 1. The number of aromatic carboxylic acids is 1. The first kappa shape index (κ1) is 25.0. The highest BCUT2D eigenvalue weighted by molar-refractivity contribution is 7.99. The summed E-state index contributed by atoms with van der Waals surface area (Å²) in [6.07, 6.45) is 0. The fourth-order valence-electron chi connectivity index (χ4n) is 3.55. The Morgan fingerprint density at radius 1 is 1.09 bits per heavy atom. The molecule has 3 rings (SSSR count). The number of hydrogen-bond acceptors (Lipinski definition) is 7. The number of nitrogens with one attached hydrogen (secondary N) is 1. The van der Waals surface area contributed by atoms with Crippen LogP contribution < -0.4 is 5.56 Å². The summed E-state index contributed by atoms with van der Waals surface area (Å²) >= 11 is 2.03. The van der Waals surface area contributed by atoms with Crippen LogP contribution in [0.2, 0.25) is 0 Å². The highest BCUT2D eigenvalue weighted by atomic mass is 32.2. The summed E-state index contributed by atoms with van der Waals surface area (Å²) < 4.78 is 0. The van der Waals surface area contributed by atoms with Gasteiger partial charge in [-0.05, 0) is 35.4 Å². The van der Waals surface area contributed by atoms with Crippen LogP contribution in [0.25, 0.3) is 10.2 Å². The molecule has 0 unspecified atom stereocenters. The molecule has 0 aliphatic heterocycles. The van der Waals surface area contributed by atoms with Crippen molar-refractivity contribution in [2.75, 3.05) is 5.75 Å². The van der Waals surface area contributed by atoms with Crippen molar-refractivity contribution in [1.29, 1.82) is 0 Å². The lowest BCUT2D eigenvalue weighted by atomic mass is 9.78. The number of carbonyl (C=O) groups is 2. The van der Waals surface area contributed by atoms with Gasteiger partial charge >= 0.3 is 5.97 Å². The Hall–Kier alpha value is -2.65. The molecule has 0 amide bonds. The Morgan fingerprint density at radius 2 is 1.64 bits per heavy atom. The minimum atomic E-state index is -1.10. The lowest BCUT2D eigenvalue weighted by Gasteiger charge is -2.28.